The highest BCUT2D eigenvalue weighted by atomic mass is 35.5. The van der Waals surface area contributed by atoms with Crippen molar-refractivity contribution in [3.8, 4) is 5.75 Å². The Kier molecular flexibility index (Phi) is 5.14. The number of aromatic nitrogens is 1. The number of halogens is 2. The maximum Gasteiger partial charge on any atom is 0.258 e. The van der Waals surface area contributed by atoms with Gasteiger partial charge in [0, 0.05) is 30.2 Å². The van der Waals surface area contributed by atoms with E-state index in [0.29, 0.717) is 0 Å². The molecule has 31 heavy (non-hydrogen) atoms. The molecule has 1 saturated heterocycles. The van der Waals surface area contributed by atoms with Crippen LogP contribution in [0, 0.1) is 5.82 Å². The highest BCUT2D eigenvalue weighted by molar-refractivity contribution is 6.30. The molecule has 4 fully saturated rings. The zero-order chi connectivity index (χ0) is 21.5. The van der Waals surface area contributed by atoms with Gasteiger partial charge in [-0.25, -0.2) is 9.37 Å². The molecular formula is C22H24ClFN4O3. The molecule has 1 amide bonds. The molecule has 0 atom stereocenters. The molecule has 7 nitrogen and oxygen atoms in total. The number of amides is 1. The van der Waals surface area contributed by atoms with Gasteiger partial charge in [0.2, 0.25) is 0 Å². The van der Waals surface area contributed by atoms with Crippen LogP contribution < -0.4 is 20.3 Å². The number of pyridine rings is 1. The van der Waals surface area contributed by atoms with Crippen LogP contribution in [-0.4, -0.2) is 54.9 Å². The van der Waals surface area contributed by atoms with Gasteiger partial charge in [-0.1, -0.05) is 17.7 Å². The summed E-state index contributed by atoms with van der Waals surface area (Å²) in [5.41, 5.74) is -0.190. The molecule has 1 aromatic heterocycles. The maximum absolute atomic E-state index is 13.5. The van der Waals surface area contributed by atoms with Gasteiger partial charge < -0.3 is 25.0 Å². The minimum atomic E-state index is -0.571. The molecule has 164 valence electrons. The zero-order valence-corrected chi connectivity index (χ0v) is 17.8. The Bertz CT molecular complexity index is 979. The van der Waals surface area contributed by atoms with Gasteiger partial charge in [0.05, 0.1) is 18.2 Å². The fourth-order valence-corrected chi connectivity index (χ4v) is 4.95. The van der Waals surface area contributed by atoms with Gasteiger partial charge in [-0.05, 0) is 43.5 Å². The SMILES string of the molecule is O=C(COc1ccc(Cl)c(F)c1)NC12CC(Nc3cccc(N4CCOCC4)n3)(C1)C2. The lowest BCUT2D eigenvalue weighted by Crippen LogP contribution is -2.81. The van der Waals surface area contributed by atoms with E-state index in [1.54, 1.807) is 0 Å². The van der Waals surface area contributed by atoms with Gasteiger partial charge in [0.25, 0.3) is 5.91 Å². The molecule has 1 aromatic carbocycles. The van der Waals surface area contributed by atoms with Crippen molar-refractivity contribution in [3.05, 3.63) is 47.2 Å². The monoisotopic (exact) mass is 446 g/mol. The van der Waals surface area contributed by atoms with E-state index in [1.807, 2.05) is 18.2 Å². The highest BCUT2D eigenvalue weighted by Gasteiger charge is 2.68. The topological polar surface area (TPSA) is 75.7 Å². The summed E-state index contributed by atoms with van der Waals surface area (Å²) in [5, 5.41) is 6.65. The summed E-state index contributed by atoms with van der Waals surface area (Å²) in [6.07, 6.45) is 2.56. The molecule has 3 saturated carbocycles. The van der Waals surface area contributed by atoms with Crippen molar-refractivity contribution in [1.29, 1.82) is 0 Å². The third kappa shape index (κ3) is 4.14. The molecule has 1 aliphatic heterocycles. The number of rotatable bonds is 7. The lowest BCUT2D eigenvalue weighted by Gasteiger charge is -2.70. The third-order valence-corrected chi connectivity index (χ3v) is 6.47. The average Bonchev–Trinajstić information content (AvgIpc) is 2.73. The van der Waals surface area contributed by atoms with Crippen LogP contribution in [0.5, 0.6) is 5.75 Å². The Labute approximate surface area is 184 Å². The second-order valence-corrected chi connectivity index (χ2v) is 9.02. The summed E-state index contributed by atoms with van der Waals surface area (Å²) in [6, 6.07) is 10.1. The second kappa shape index (κ2) is 7.84. The molecular weight excluding hydrogens is 423 g/mol. The van der Waals surface area contributed by atoms with Crippen LogP contribution in [0.2, 0.25) is 5.02 Å². The van der Waals surface area contributed by atoms with Crippen molar-refractivity contribution in [2.24, 2.45) is 0 Å². The lowest BCUT2D eigenvalue weighted by atomic mass is 9.44. The van der Waals surface area contributed by atoms with Crippen LogP contribution in [0.25, 0.3) is 0 Å². The standard InChI is InChI=1S/C22H24ClFN4O3/c23-16-5-4-15(10-17(16)24)31-11-20(29)27-22-12-21(13-22,14-22)26-18-2-1-3-19(25-18)28-6-8-30-9-7-28/h1-5,10H,6-9,11-14H2,(H,25,26)(H,27,29). The van der Waals surface area contributed by atoms with Crippen molar-refractivity contribution in [2.45, 2.75) is 30.3 Å². The number of carbonyl (C=O) groups excluding carboxylic acids is 1. The molecule has 0 spiro atoms. The van der Waals surface area contributed by atoms with Crippen molar-refractivity contribution in [2.75, 3.05) is 43.1 Å². The molecule has 2 heterocycles. The third-order valence-electron chi connectivity index (χ3n) is 6.16. The van der Waals surface area contributed by atoms with Crippen LogP contribution in [0.4, 0.5) is 16.0 Å². The van der Waals surface area contributed by atoms with Crippen LogP contribution in [0.15, 0.2) is 36.4 Å². The zero-order valence-electron chi connectivity index (χ0n) is 17.0. The number of morpholine rings is 1. The molecule has 9 heteroatoms. The first kappa shape index (κ1) is 20.3. The molecule has 0 radical (unpaired) electrons. The Morgan fingerprint density at radius 2 is 1.97 bits per heavy atom. The molecule has 6 rings (SSSR count). The first-order valence-electron chi connectivity index (χ1n) is 10.4. The largest absolute Gasteiger partial charge is 0.484 e. The first-order valence-corrected chi connectivity index (χ1v) is 10.8. The van der Waals surface area contributed by atoms with E-state index in [1.165, 1.54) is 18.2 Å². The van der Waals surface area contributed by atoms with Gasteiger partial charge in [-0.2, -0.15) is 0 Å². The Balaban J connectivity index is 1.10. The molecule has 2 aromatic rings. The Morgan fingerprint density at radius 3 is 2.71 bits per heavy atom. The van der Waals surface area contributed by atoms with Gasteiger partial charge >= 0.3 is 0 Å². The van der Waals surface area contributed by atoms with Gasteiger partial charge in [-0.3, -0.25) is 4.79 Å². The van der Waals surface area contributed by atoms with Gasteiger partial charge in [-0.15, -0.1) is 0 Å². The number of hydrogen-bond donors (Lipinski definition) is 2. The molecule has 2 N–H and O–H groups in total. The van der Waals surface area contributed by atoms with E-state index in [9.17, 15) is 9.18 Å². The van der Waals surface area contributed by atoms with Crippen molar-refractivity contribution in [3.63, 3.8) is 0 Å². The lowest BCUT2D eigenvalue weighted by molar-refractivity contribution is -0.135. The highest BCUT2D eigenvalue weighted by Crippen LogP contribution is 2.61. The fraction of sp³-hybridized carbons (Fsp3) is 0.455. The predicted molar refractivity (Wildman–Crippen MR) is 115 cm³/mol. The number of benzene rings is 1. The molecule has 4 aliphatic rings. The van der Waals surface area contributed by atoms with E-state index in [4.69, 9.17) is 26.1 Å². The van der Waals surface area contributed by atoms with Crippen molar-refractivity contribution >= 4 is 29.1 Å². The minimum Gasteiger partial charge on any atom is -0.484 e. The minimum absolute atomic E-state index is 0.00984. The van der Waals surface area contributed by atoms with Crippen LogP contribution in [-0.2, 0) is 9.53 Å². The second-order valence-electron chi connectivity index (χ2n) is 8.61. The fourth-order valence-electron chi connectivity index (χ4n) is 4.83. The van der Waals surface area contributed by atoms with Gasteiger partial charge in [0.15, 0.2) is 6.61 Å². The smallest absolute Gasteiger partial charge is 0.258 e. The number of nitrogens with zero attached hydrogens (tertiary/aromatic N) is 2. The molecule has 0 unspecified atom stereocenters. The number of anilines is 2. The van der Waals surface area contributed by atoms with Crippen LogP contribution in [0.3, 0.4) is 0 Å². The van der Waals surface area contributed by atoms with E-state index in [2.05, 4.69) is 15.5 Å². The van der Waals surface area contributed by atoms with Crippen molar-refractivity contribution < 1.29 is 18.7 Å². The summed E-state index contributed by atoms with van der Waals surface area (Å²) in [4.78, 5) is 19.3. The van der Waals surface area contributed by atoms with E-state index in [0.717, 1.165) is 57.2 Å². The maximum atomic E-state index is 13.5. The summed E-state index contributed by atoms with van der Waals surface area (Å²) < 4.78 is 24.3. The summed E-state index contributed by atoms with van der Waals surface area (Å²) >= 11 is 5.65. The molecule has 3 aliphatic carbocycles. The van der Waals surface area contributed by atoms with E-state index in [-0.39, 0.29) is 34.4 Å². The van der Waals surface area contributed by atoms with E-state index >= 15 is 0 Å². The average molecular weight is 447 g/mol. The number of ether oxygens (including phenoxy) is 2. The summed E-state index contributed by atoms with van der Waals surface area (Å²) in [7, 11) is 0. The quantitative estimate of drug-likeness (QED) is 0.681. The van der Waals surface area contributed by atoms with E-state index < -0.39 is 5.82 Å². The molecule has 2 bridgehead atoms. The predicted octanol–water partition coefficient (Wildman–Crippen LogP) is 2.99. The number of nitrogens with one attached hydrogen (secondary N) is 2. The summed E-state index contributed by atoms with van der Waals surface area (Å²) in [5.74, 6) is 1.31. The number of carbonyl (C=O) groups is 1. The number of hydrogen-bond acceptors (Lipinski definition) is 6. The Hall–Kier alpha value is -2.58. The Morgan fingerprint density at radius 1 is 1.19 bits per heavy atom. The van der Waals surface area contributed by atoms with Crippen LogP contribution in [0.1, 0.15) is 19.3 Å². The van der Waals surface area contributed by atoms with Crippen LogP contribution >= 0.6 is 11.6 Å². The first-order chi connectivity index (χ1) is 14.9. The van der Waals surface area contributed by atoms with Crippen molar-refractivity contribution in [1.82, 2.24) is 10.3 Å². The van der Waals surface area contributed by atoms with Gasteiger partial charge in [0.1, 0.15) is 23.2 Å². The summed E-state index contributed by atoms with van der Waals surface area (Å²) in [6.45, 7) is 2.99. The normalized spacial score (nSPS) is 26.5.